The number of piperidine rings is 1. The Bertz CT molecular complexity index is 1140. The summed E-state index contributed by atoms with van der Waals surface area (Å²) in [7, 11) is 1.67. The number of aliphatic hydroxyl groups is 1. The molecule has 2 aliphatic rings. The van der Waals surface area contributed by atoms with E-state index < -0.39 is 5.60 Å². The van der Waals surface area contributed by atoms with Crippen molar-refractivity contribution in [3.05, 3.63) is 95.6 Å². The van der Waals surface area contributed by atoms with Gasteiger partial charge in [0.25, 0.3) is 0 Å². The number of rotatable bonds is 11. The summed E-state index contributed by atoms with van der Waals surface area (Å²) in [4.78, 5) is 6.14. The first-order valence-corrected chi connectivity index (χ1v) is 14.4. The van der Waals surface area contributed by atoms with E-state index in [1.807, 2.05) is 77.9 Å². The van der Waals surface area contributed by atoms with Crippen LogP contribution < -0.4 is 9.57 Å². The number of methoxy groups -OCH3 is 1. The normalized spacial score (nSPS) is 20.6. The molecule has 0 amide bonds. The summed E-state index contributed by atoms with van der Waals surface area (Å²) in [6.45, 7) is 3.10. The SMILES string of the molecule is COc1cccc(C(CCOC2CCCCO2)C(O)(c2ccccc2)c2ccc(ON3CCCCC3)cc2)c1. The molecule has 0 bridgehead atoms. The Morgan fingerprint density at radius 1 is 0.872 bits per heavy atom. The molecule has 39 heavy (non-hydrogen) atoms. The van der Waals surface area contributed by atoms with Crippen LogP contribution in [0, 0.1) is 0 Å². The highest BCUT2D eigenvalue weighted by molar-refractivity contribution is 5.44. The Labute approximate surface area is 232 Å². The largest absolute Gasteiger partial charge is 0.497 e. The predicted octanol–water partition coefficient (Wildman–Crippen LogP) is 6.43. The van der Waals surface area contributed by atoms with Crippen molar-refractivity contribution in [2.45, 2.75) is 62.8 Å². The Kier molecular flexibility index (Phi) is 9.53. The van der Waals surface area contributed by atoms with Crippen LogP contribution in [0.3, 0.4) is 0 Å². The maximum Gasteiger partial charge on any atom is 0.157 e. The molecular formula is C33H41NO5. The quantitative estimate of drug-likeness (QED) is 0.308. The molecule has 2 aliphatic heterocycles. The number of nitrogens with zero attached hydrogens (tertiary/aromatic N) is 1. The van der Waals surface area contributed by atoms with Gasteiger partial charge in [0.2, 0.25) is 0 Å². The van der Waals surface area contributed by atoms with E-state index in [2.05, 4.69) is 6.07 Å². The highest BCUT2D eigenvalue weighted by Crippen LogP contribution is 2.45. The summed E-state index contributed by atoms with van der Waals surface area (Å²) in [5, 5.41) is 14.8. The minimum atomic E-state index is -1.31. The molecule has 3 unspecified atom stereocenters. The molecule has 0 saturated carbocycles. The second-order valence-electron chi connectivity index (χ2n) is 10.5. The van der Waals surface area contributed by atoms with Gasteiger partial charge in [-0.3, -0.25) is 0 Å². The zero-order chi connectivity index (χ0) is 26.9. The molecule has 3 atom stereocenters. The maximum absolute atomic E-state index is 12.8. The van der Waals surface area contributed by atoms with E-state index in [0.29, 0.717) is 13.0 Å². The lowest BCUT2D eigenvalue weighted by molar-refractivity contribution is -0.165. The number of hydroxylamine groups is 2. The summed E-state index contributed by atoms with van der Waals surface area (Å²) >= 11 is 0. The predicted molar refractivity (Wildman–Crippen MR) is 152 cm³/mol. The molecule has 208 valence electrons. The lowest BCUT2D eigenvalue weighted by Gasteiger charge is -2.38. The van der Waals surface area contributed by atoms with E-state index in [1.165, 1.54) is 6.42 Å². The van der Waals surface area contributed by atoms with Gasteiger partial charge in [-0.15, -0.1) is 5.06 Å². The number of hydrogen-bond acceptors (Lipinski definition) is 6. The number of benzene rings is 3. The maximum atomic E-state index is 12.8. The monoisotopic (exact) mass is 531 g/mol. The Morgan fingerprint density at radius 2 is 1.64 bits per heavy atom. The third kappa shape index (κ3) is 6.82. The second-order valence-corrected chi connectivity index (χ2v) is 10.5. The average Bonchev–Trinajstić information content (AvgIpc) is 3.01. The van der Waals surface area contributed by atoms with Crippen LogP contribution in [0.2, 0.25) is 0 Å². The molecule has 5 rings (SSSR count). The molecule has 2 fully saturated rings. The molecule has 2 saturated heterocycles. The van der Waals surface area contributed by atoms with Crippen LogP contribution in [0.5, 0.6) is 11.5 Å². The Morgan fingerprint density at radius 3 is 2.36 bits per heavy atom. The fourth-order valence-corrected chi connectivity index (χ4v) is 5.77. The lowest BCUT2D eigenvalue weighted by atomic mass is 9.71. The summed E-state index contributed by atoms with van der Waals surface area (Å²) in [6.07, 6.45) is 7.09. The number of hydrogen-bond donors (Lipinski definition) is 1. The summed E-state index contributed by atoms with van der Waals surface area (Å²) in [5.41, 5.74) is 1.31. The van der Waals surface area contributed by atoms with E-state index in [0.717, 1.165) is 80.0 Å². The molecule has 0 spiro atoms. The zero-order valence-electron chi connectivity index (χ0n) is 23.0. The third-order valence-corrected chi connectivity index (χ3v) is 7.91. The number of ether oxygens (including phenoxy) is 3. The fourth-order valence-electron chi connectivity index (χ4n) is 5.77. The van der Waals surface area contributed by atoms with Crippen LogP contribution >= 0.6 is 0 Å². The smallest absolute Gasteiger partial charge is 0.157 e. The van der Waals surface area contributed by atoms with Crippen molar-refractivity contribution in [3.8, 4) is 11.5 Å². The van der Waals surface area contributed by atoms with Crippen molar-refractivity contribution in [3.63, 3.8) is 0 Å². The van der Waals surface area contributed by atoms with Crippen LogP contribution in [0.25, 0.3) is 0 Å². The van der Waals surface area contributed by atoms with Crippen LogP contribution in [0.4, 0.5) is 0 Å². The van der Waals surface area contributed by atoms with Gasteiger partial charge in [-0.25, -0.2) is 0 Å². The van der Waals surface area contributed by atoms with E-state index in [4.69, 9.17) is 19.0 Å². The average molecular weight is 532 g/mol. The van der Waals surface area contributed by atoms with Gasteiger partial charge in [0.15, 0.2) is 6.29 Å². The van der Waals surface area contributed by atoms with Crippen molar-refractivity contribution >= 4 is 0 Å². The van der Waals surface area contributed by atoms with Crippen LogP contribution in [0.15, 0.2) is 78.9 Å². The van der Waals surface area contributed by atoms with Crippen molar-refractivity contribution in [2.24, 2.45) is 0 Å². The zero-order valence-corrected chi connectivity index (χ0v) is 23.0. The van der Waals surface area contributed by atoms with Gasteiger partial charge in [0, 0.05) is 25.6 Å². The molecule has 0 aliphatic carbocycles. The van der Waals surface area contributed by atoms with Crippen LogP contribution in [0.1, 0.15) is 67.6 Å². The van der Waals surface area contributed by atoms with Crippen molar-refractivity contribution in [1.82, 2.24) is 5.06 Å². The van der Waals surface area contributed by atoms with E-state index in [9.17, 15) is 5.11 Å². The first-order valence-electron chi connectivity index (χ1n) is 14.4. The molecular weight excluding hydrogens is 490 g/mol. The first-order chi connectivity index (χ1) is 19.2. The van der Waals surface area contributed by atoms with Crippen molar-refractivity contribution in [2.75, 3.05) is 33.4 Å². The summed E-state index contributed by atoms with van der Waals surface area (Å²) in [6, 6.07) is 25.8. The molecule has 3 aromatic rings. The van der Waals surface area contributed by atoms with Crippen molar-refractivity contribution < 1.29 is 24.2 Å². The van der Waals surface area contributed by atoms with Gasteiger partial charge in [-0.05, 0) is 79.5 Å². The molecule has 0 aromatic heterocycles. The van der Waals surface area contributed by atoms with Crippen LogP contribution in [-0.2, 0) is 15.1 Å². The van der Waals surface area contributed by atoms with Gasteiger partial charge >= 0.3 is 0 Å². The Hall–Kier alpha value is -2.90. The van der Waals surface area contributed by atoms with Gasteiger partial charge in [-0.2, -0.15) is 0 Å². The molecule has 3 aromatic carbocycles. The molecule has 2 heterocycles. The first kappa shape index (κ1) is 27.7. The van der Waals surface area contributed by atoms with Gasteiger partial charge in [0.1, 0.15) is 17.1 Å². The Balaban J connectivity index is 1.47. The molecule has 6 nitrogen and oxygen atoms in total. The third-order valence-electron chi connectivity index (χ3n) is 7.91. The minimum Gasteiger partial charge on any atom is -0.497 e. The lowest BCUT2D eigenvalue weighted by Crippen LogP contribution is -2.36. The molecule has 1 N–H and O–H groups in total. The highest BCUT2D eigenvalue weighted by atomic mass is 16.7. The van der Waals surface area contributed by atoms with Gasteiger partial charge < -0.3 is 24.2 Å². The van der Waals surface area contributed by atoms with Crippen molar-refractivity contribution in [1.29, 1.82) is 0 Å². The highest BCUT2D eigenvalue weighted by Gasteiger charge is 2.41. The molecule has 0 radical (unpaired) electrons. The fraction of sp³-hybridized carbons (Fsp3) is 0.455. The van der Waals surface area contributed by atoms with Gasteiger partial charge in [-0.1, -0.05) is 61.0 Å². The second kappa shape index (κ2) is 13.4. The summed E-state index contributed by atoms with van der Waals surface area (Å²) in [5.74, 6) is 1.24. The minimum absolute atomic E-state index is 0.180. The van der Waals surface area contributed by atoms with E-state index in [1.54, 1.807) is 7.11 Å². The van der Waals surface area contributed by atoms with Crippen LogP contribution in [-0.4, -0.2) is 49.9 Å². The van der Waals surface area contributed by atoms with E-state index >= 15 is 0 Å². The standard InChI is InChI=1S/C33H41NO5/c1-36-30-14-10-11-26(25-30)31(20-24-38-32-15-6-9-23-37-32)33(35,27-12-4-2-5-13-27)28-16-18-29(19-17-28)39-34-21-7-3-8-22-34/h2,4-5,10-14,16-19,25,31-32,35H,3,6-9,15,20-24H2,1H3. The topological polar surface area (TPSA) is 60.4 Å². The van der Waals surface area contributed by atoms with Gasteiger partial charge in [0.05, 0.1) is 13.7 Å². The summed E-state index contributed by atoms with van der Waals surface area (Å²) < 4.78 is 17.5. The van der Waals surface area contributed by atoms with E-state index in [-0.39, 0.29) is 12.2 Å². The molecule has 6 heteroatoms.